The van der Waals surface area contributed by atoms with Crippen LogP contribution in [-0.2, 0) is 11.0 Å². The molecule has 30 heavy (non-hydrogen) atoms. The molecule has 0 aliphatic rings. The lowest BCUT2D eigenvalue weighted by molar-refractivity contribution is -0.137. The van der Waals surface area contributed by atoms with E-state index < -0.39 is 17.6 Å². The number of halogens is 3. The van der Waals surface area contributed by atoms with Gasteiger partial charge in [-0.25, -0.2) is 0 Å². The molecule has 0 spiro atoms. The lowest BCUT2D eigenvalue weighted by Crippen LogP contribution is -2.20. The summed E-state index contributed by atoms with van der Waals surface area (Å²) in [5.41, 5.74) is -0.755. The molecular formula is C23H28F3NO3. The number of unbranched alkanes of at least 4 members (excludes halogenated alkanes) is 5. The molecular weight excluding hydrogens is 395 g/mol. The number of alkyl halides is 3. The minimum Gasteiger partial charge on any atom is -0.494 e. The Kier molecular flexibility index (Phi) is 9.51. The summed E-state index contributed by atoms with van der Waals surface area (Å²) < 4.78 is 49.2. The van der Waals surface area contributed by atoms with Gasteiger partial charge in [-0.2, -0.15) is 13.2 Å². The Bertz CT molecular complexity index is 776. The third-order valence-corrected chi connectivity index (χ3v) is 4.43. The van der Waals surface area contributed by atoms with Gasteiger partial charge in [0, 0.05) is 5.69 Å². The Hall–Kier alpha value is -2.70. The quantitative estimate of drug-likeness (QED) is 0.399. The second kappa shape index (κ2) is 12.1. The van der Waals surface area contributed by atoms with Crippen LogP contribution in [-0.4, -0.2) is 19.1 Å². The Labute approximate surface area is 175 Å². The van der Waals surface area contributed by atoms with E-state index >= 15 is 0 Å². The summed E-state index contributed by atoms with van der Waals surface area (Å²) in [4.78, 5) is 11.9. The number of rotatable bonds is 12. The molecule has 7 heteroatoms. The molecule has 2 rings (SSSR count). The van der Waals surface area contributed by atoms with Gasteiger partial charge in [0.1, 0.15) is 11.5 Å². The molecule has 0 unspecified atom stereocenters. The molecule has 0 fully saturated rings. The first-order chi connectivity index (χ1) is 14.4. The van der Waals surface area contributed by atoms with Crippen molar-refractivity contribution in [2.24, 2.45) is 0 Å². The highest BCUT2D eigenvalue weighted by atomic mass is 19.4. The van der Waals surface area contributed by atoms with Crippen molar-refractivity contribution in [3.8, 4) is 11.5 Å². The number of benzene rings is 2. The van der Waals surface area contributed by atoms with Gasteiger partial charge in [-0.1, -0.05) is 45.1 Å². The Morgan fingerprint density at radius 2 is 1.53 bits per heavy atom. The molecule has 2 aromatic carbocycles. The van der Waals surface area contributed by atoms with Crippen molar-refractivity contribution < 1.29 is 27.4 Å². The Morgan fingerprint density at radius 1 is 0.900 bits per heavy atom. The van der Waals surface area contributed by atoms with Crippen LogP contribution in [0.5, 0.6) is 11.5 Å². The van der Waals surface area contributed by atoms with Gasteiger partial charge < -0.3 is 14.8 Å². The topological polar surface area (TPSA) is 47.6 Å². The average Bonchev–Trinajstić information content (AvgIpc) is 2.72. The standard InChI is InChI=1S/C23H28F3NO3/c1-2-3-4-5-6-7-15-29-20-11-13-21(14-12-20)30-17-22(28)27-19-10-8-9-18(16-19)23(24,25)26/h8-14,16H,2-7,15,17H2,1H3,(H,27,28). The summed E-state index contributed by atoms with van der Waals surface area (Å²) >= 11 is 0. The fourth-order valence-corrected chi connectivity index (χ4v) is 2.82. The molecule has 0 radical (unpaired) electrons. The van der Waals surface area contributed by atoms with E-state index in [0.717, 1.165) is 30.7 Å². The molecule has 2 aromatic rings. The minimum absolute atomic E-state index is 0.0665. The molecule has 0 aliphatic heterocycles. The summed E-state index contributed by atoms with van der Waals surface area (Å²) in [6, 6.07) is 11.4. The fraction of sp³-hybridized carbons (Fsp3) is 0.435. The van der Waals surface area contributed by atoms with Crippen LogP contribution in [0.25, 0.3) is 0 Å². The molecule has 0 bridgehead atoms. The number of carbonyl (C=O) groups is 1. The van der Waals surface area contributed by atoms with E-state index in [1.807, 2.05) is 0 Å². The van der Waals surface area contributed by atoms with Gasteiger partial charge in [-0.05, 0) is 48.9 Å². The Balaban J connectivity index is 1.70. The monoisotopic (exact) mass is 423 g/mol. The second-order valence-corrected chi connectivity index (χ2v) is 7.00. The normalized spacial score (nSPS) is 11.2. The van der Waals surface area contributed by atoms with Crippen LogP contribution in [0.15, 0.2) is 48.5 Å². The third-order valence-electron chi connectivity index (χ3n) is 4.43. The zero-order valence-corrected chi connectivity index (χ0v) is 17.1. The molecule has 0 aliphatic carbocycles. The maximum Gasteiger partial charge on any atom is 0.416 e. The van der Waals surface area contributed by atoms with E-state index in [-0.39, 0.29) is 12.3 Å². The van der Waals surface area contributed by atoms with Crippen molar-refractivity contribution in [3.05, 3.63) is 54.1 Å². The van der Waals surface area contributed by atoms with Gasteiger partial charge in [-0.15, -0.1) is 0 Å². The molecule has 1 N–H and O–H groups in total. The van der Waals surface area contributed by atoms with Crippen LogP contribution in [0.1, 0.15) is 51.0 Å². The summed E-state index contributed by atoms with van der Waals surface area (Å²) in [7, 11) is 0. The molecule has 1 amide bonds. The van der Waals surface area contributed by atoms with E-state index in [1.54, 1.807) is 24.3 Å². The van der Waals surface area contributed by atoms with Crippen LogP contribution in [0.2, 0.25) is 0 Å². The second-order valence-electron chi connectivity index (χ2n) is 7.00. The minimum atomic E-state index is -4.46. The number of ether oxygens (including phenoxy) is 2. The van der Waals surface area contributed by atoms with Gasteiger partial charge in [0.05, 0.1) is 12.2 Å². The Morgan fingerprint density at radius 3 is 2.20 bits per heavy atom. The first-order valence-corrected chi connectivity index (χ1v) is 10.2. The lowest BCUT2D eigenvalue weighted by Gasteiger charge is -2.11. The smallest absolute Gasteiger partial charge is 0.416 e. The molecule has 0 saturated heterocycles. The third kappa shape index (κ3) is 8.76. The van der Waals surface area contributed by atoms with Crippen molar-refractivity contribution in [1.82, 2.24) is 0 Å². The van der Waals surface area contributed by atoms with Crippen molar-refractivity contribution in [2.75, 3.05) is 18.5 Å². The van der Waals surface area contributed by atoms with Crippen LogP contribution in [0.4, 0.5) is 18.9 Å². The summed E-state index contributed by atoms with van der Waals surface area (Å²) in [6.45, 7) is 2.54. The van der Waals surface area contributed by atoms with Gasteiger partial charge in [0.2, 0.25) is 0 Å². The van der Waals surface area contributed by atoms with E-state index in [2.05, 4.69) is 12.2 Å². The largest absolute Gasteiger partial charge is 0.494 e. The van der Waals surface area contributed by atoms with E-state index in [4.69, 9.17) is 9.47 Å². The van der Waals surface area contributed by atoms with Crippen molar-refractivity contribution in [2.45, 2.75) is 51.6 Å². The van der Waals surface area contributed by atoms with Crippen LogP contribution in [0.3, 0.4) is 0 Å². The molecule has 4 nitrogen and oxygen atoms in total. The molecule has 0 saturated carbocycles. The molecule has 0 heterocycles. The predicted octanol–water partition coefficient (Wildman–Crippen LogP) is 6.46. The first kappa shape index (κ1) is 23.6. The SMILES string of the molecule is CCCCCCCCOc1ccc(OCC(=O)Nc2cccc(C(F)(F)F)c2)cc1. The number of carbonyl (C=O) groups excluding carboxylic acids is 1. The van der Waals surface area contributed by atoms with Crippen molar-refractivity contribution >= 4 is 11.6 Å². The summed E-state index contributed by atoms with van der Waals surface area (Å²) in [6.07, 6.45) is 2.71. The highest BCUT2D eigenvalue weighted by molar-refractivity contribution is 5.91. The highest BCUT2D eigenvalue weighted by Gasteiger charge is 2.30. The van der Waals surface area contributed by atoms with Gasteiger partial charge in [0.25, 0.3) is 5.91 Å². The molecule has 0 aromatic heterocycles. The van der Waals surface area contributed by atoms with E-state index in [0.29, 0.717) is 12.4 Å². The number of nitrogens with one attached hydrogen (secondary N) is 1. The average molecular weight is 423 g/mol. The predicted molar refractivity (Wildman–Crippen MR) is 111 cm³/mol. The zero-order valence-electron chi connectivity index (χ0n) is 17.1. The number of anilines is 1. The van der Waals surface area contributed by atoms with Crippen molar-refractivity contribution in [1.29, 1.82) is 0 Å². The first-order valence-electron chi connectivity index (χ1n) is 10.2. The number of hydrogen-bond acceptors (Lipinski definition) is 3. The molecule has 164 valence electrons. The fourth-order valence-electron chi connectivity index (χ4n) is 2.82. The summed E-state index contributed by atoms with van der Waals surface area (Å²) in [5, 5.41) is 2.40. The van der Waals surface area contributed by atoms with Gasteiger partial charge in [-0.3, -0.25) is 4.79 Å². The number of amides is 1. The maximum atomic E-state index is 12.7. The maximum absolute atomic E-state index is 12.7. The van der Waals surface area contributed by atoms with E-state index in [9.17, 15) is 18.0 Å². The van der Waals surface area contributed by atoms with Crippen molar-refractivity contribution in [3.63, 3.8) is 0 Å². The van der Waals surface area contributed by atoms with Crippen LogP contribution < -0.4 is 14.8 Å². The zero-order chi connectivity index (χ0) is 21.8. The van der Waals surface area contributed by atoms with Crippen LogP contribution >= 0.6 is 0 Å². The number of hydrogen-bond donors (Lipinski definition) is 1. The highest BCUT2D eigenvalue weighted by Crippen LogP contribution is 2.30. The van der Waals surface area contributed by atoms with Crippen LogP contribution in [0, 0.1) is 0 Å². The van der Waals surface area contributed by atoms with Gasteiger partial charge in [0.15, 0.2) is 6.61 Å². The van der Waals surface area contributed by atoms with E-state index in [1.165, 1.54) is 37.8 Å². The lowest BCUT2D eigenvalue weighted by atomic mass is 10.1. The summed E-state index contributed by atoms with van der Waals surface area (Å²) in [5.74, 6) is 0.656. The van der Waals surface area contributed by atoms with Gasteiger partial charge >= 0.3 is 6.18 Å². The molecule has 0 atom stereocenters.